The molecule has 1 aliphatic rings. The van der Waals surface area contributed by atoms with Gasteiger partial charge in [0, 0.05) is 5.75 Å². The van der Waals surface area contributed by atoms with Gasteiger partial charge in [0.05, 0.1) is 10.9 Å². The van der Waals surface area contributed by atoms with Gasteiger partial charge in [-0.3, -0.25) is 4.79 Å². The Balaban J connectivity index is 2.33. The van der Waals surface area contributed by atoms with Crippen LogP contribution in [0.4, 0.5) is 4.39 Å². The maximum absolute atomic E-state index is 13.5. The van der Waals surface area contributed by atoms with Crippen molar-refractivity contribution < 1.29 is 19.1 Å². The molecule has 0 radical (unpaired) electrons. The quantitative estimate of drug-likeness (QED) is 0.889. The first-order valence-corrected chi connectivity index (χ1v) is 6.49. The van der Waals surface area contributed by atoms with Crippen molar-refractivity contribution in [3.63, 3.8) is 0 Å². The molecule has 1 N–H and O–H groups in total. The molecular weight excluding hydrogens is 257 g/mol. The second-order valence-electron chi connectivity index (χ2n) is 3.98. The number of aliphatic carboxylic acids is 1. The number of carbonyl (C=O) groups is 2. The van der Waals surface area contributed by atoms with Gasteiger partial charge < -0.3 is 10.0 Å². The van der Waals surface area contributed by atoms with E-state index in [0.717, 1.165) is 0 Å². The summed E-state index contributed by atoms with van der Waals surface area (Å²) in [6.45, 7) is 1.74. The third-order valence-corrected chi connectivity index (χ3v) is 4.06. The van der Waals surface area contributed by atoms with Crippen molar-refractivity contribution in [2.75, 3.05) is 5.75 Å². The zero-order valence-electron chi connectivity index (χ0n) is 9.67. The molecule has 18 heavy (non-hydrogen) atoms. The highest BCUT2D eigenvalue weighted by Gasteiger charge is 2.40. The summed E-state index contributed by atoms with van der Waals surface area (Å²) in [5.74, 6) is -1.93. The predicted molar refractivity (Wildman–Crippen MR) is 65.9 cm³/mol. The molecule has 1 heterocycles. The molecule has 2 atom stereocenters. The molecule has 6 heteroatoms. The lowest BCUT2D eigenvalue weighted by molar-refractivity contribution is -0.141. The molecule has 1 saturated heterocycles. The van der Waals surface area contributed by atoms with Crippen molar-refractivity contribution in [3.8, 4) is 0 Å². The van der Waals surface area contributed by atoms with E-state index < -0.39 is 23.7 Å². The smallest absolute Gasteiger partial charge is 0.327 e. The fourth-order valence-electron chi connectivity index (χ4n) is 1.92. The Kier molecular flexibility index (Phi) is 3.56. The number of carboxylic acid groups (broad SMARTS) is 1. The molecule has 96 valence electrons. The molecule has 1 amide bonds. The highest BCUT2D eigenvalue weighted by atomic mass is 32.2. The van der Waals surface area contributed by atoms with Gasteiger partial charge in [0.25, 0.3) is 5.91 Å². The second-order valence-corrected chi connectivity index (χ2v) is 5.33. The standard InChI is InChI=1S/C12H12FNO3S/c1-7-14(10(6-18-7)12(16)17)11(15)8-4-2-3-5-9(8)13/h2-5,7,10H,6H2,1H3,(H,16,17). The molecule has 2 rings (SSSR count). The van der Waals surface area contributed by atoms with Gasteiger partial charge in [0.2, 0.25) is 0 Å². The lowest BCUT2D eigenvalue weighted by Gasteiger charge is -2.25. The monoisotopic (exact) mass is 269 g/mol. The predicted octanol–water partition coefficient (Wildman–Crippen LogP) is 1.81. The zero-order chi connectivity index (χ0) is 13.3. The number of amides is 1. The number of thioether (sulfide) groups is 1. The summed E-state index contributed by atoms with van der Waals surface area (Å²) in [5.41, 5.74) is -0.0851. The molecule has 0 aliphatic carbocycles. The van der Waals surface area contributed by atoms with E-state index in [2.05, 4.69) is 0 Å². The average molecular weight is 269 g/mol. The number of halogens is 1. The third-order valence-electron chi connectivity index (χ3n) is 2.85. The molecule has 1 fully saturated rings. The maximum atomic E-state index is 13.5. The minimum absolute atomic E-state index is 0.0851. The van der Waals surface area contributed by atoms with E-state index in [4.69, 9.17) is 5.11 Å². The highest BCUT2D eigenvalue weighted by molar-refractivity contribution is 8.00. The summed E-state index contributed by atoms with van der Waals surface area (Å²) in [4.78, 5) is 24.5. The Morgan fingerprint density at radius 3 is 2.72 bits per heavy atom. The van der Waals surface area contributed by atoms with Crippen molar-refractivity contribution in [1.29, 1.82) is 0 Å². The van der Waals surface area contributed by atoms with E-state index in [1.165, 1.54) is 34.9 Å². The number of carbonyl (C=O) groups excluding carboxylic acids is 1. The van der Waals surface area contributed by atoms with Gasteiger partial charge in [-0.1, -0.05) is 12.1 Å². The molecule has 4 nitrogen and oxygen atoms in total. The van der Waals surface area contributed by atoms with Gasteiger partial charge in [0.1, 0.15) is 11.9 Å². The molecule has 0 aromatic heterocycles. The Morgan fingerprint density at radius 2 is 2.11 bits per heavy atom. The van der Waals surface area contributed by atoms with Gasteiger partial charge in [-0.25, -0.2) is 9.18 Å². The van der Waals surface area contributed by atoms with Crippen LogP contribution in [-0.4, -0.2) is 39.1 Å². The maximum Gasteiger partial charge on any atom is 0.327 e. The average Bonchev–Trinajstić information content (AvgIpc) is 2.71. The van der Waals surface area contributed by atoms with Crippen LogP contribution in [0.1, 0.15) is 17.3 Å². The summed E-state index contributed by atoms with van der Waals surface area (Å²) < 4.78 is 13.5. The Labute approximate surface area is 108 Å². The minimum Gasteiger partial charge on any atom is -0.480 e. The molecule has 0 saturated carbocycles. The van der Waals surface area contributed by atoms with Crippen LogP contribution >= 0.6 is 11.8 Å². The molecule has 1 aromatic rings. The fourth-order valence-corrected chi connectivity index (χ4v) is 3.08. The Bertz CT molecular complexity index is 494. The van der Waals surface area contributed by atoms with Crippen LogP contribution in [0.15, 0.2) is 24.3 Å². The van der Waals surface area contributed by atoms with Gasteiger partial charge in [-0.05, 0) is 19.1 Å². The summed E-state index contributed by atoms with van der Waals surface area (Å²) in [6, 6.07) is 4.71. The van der Waals surface area contributed by atoms with E-state index in [1.54, 1.807) is 13.0 Å². The lowest BCUT2D eigenvalue weighted by Crippen LogP contribution is -2.45. The normalized spacial score (nSPS) is 23.1. The van der Waals surface area contributed by atoms with Crippen molar-refractivity contribution in [3.05, 3.63) is 35.6 Å². The van der Waals surface area contributed by atoms with E-state index in [0.29, 0.717) is 5.75 Å². The number of nitrogens with zero attached hydrogens (tertiary/aromatic N) is 1. The van der Waals surface area contributed by atoms with E-state index >= 15 is 0 Å². The first-order valence-electron chi connectivity index (χ1n) is 5.44. The molecule has 0 spiro atoms. The SMILES string of the molecule is CC1SCC(C(=O)O)N1C(=O)c1ccccc1F. The summed E-state index contributed by atoms with van der Waals surface area (Å²) >= 11 is 1.37. The number of rotatable bonds is 2. The van der Waals surface area contributed by atoms with Crippen LogP contribution in [0.5, 0.6) is 0 Å². The summed E-state index contributed by atoms with van der Waals surface area (Å²) in [6.07, 6.45) is 0. The zero-order valence-corrected chi connectivity index (χ0v) is 10.5. The molecule has 1 aliphatic heterocycles. The van der Waals surface area contributed by atoms with E-state index in [1.807, 2.05) is 0 Å². The minimum atomic E-state index is -1.06. The second kappa shape index (κ2) is 4.97. The number of hydrogen-bond acceptors (Lipinski definition) is 3. The molecule has 0 bridgehead atoms. The van der Waals surface area contributed by atoms with Crippen molar-refractivity contribution in [2.45, 2.75) is 18.3 Å². The molecule has 1 aromatic carbocycles. The van der Waals surface area contributed by atoms with Crippen LogP contribution in [0.25, 0.3) is 0 Å². The van der Waals surface area contributed by atoms with Crippen LogP contribution in [0, 0.1) is 5.82 Å². The Hall–Kier alpha value is -1.56. The van der Waals surface area contributed by atoms with Crippen molar-refractivity contribution in [2.24, 2.45) is 0 Å². The van der Waals surface area contributed by atoms with Gasteiger partial charge in [-0.2, -0.15) is 0 Å². The third kappa shape index (κ3) is 2.20. The Morgan fingerprint density at radius 1 is 1.44 bits per heavy atom. The fraction of sp³-hybridized carbons (Fsp3) is 0.333. The van der Waals surface area contributed by atoms with E-state index in [-0.39, 0.29) is 10.9 Å². The number of benzene rings is 1. The van der Waals surface area contributed by atoms with E-state index in [9.17, 15) is 14.0 Å². The van der Waals surface area contributed by atoms with Crippen molar-refractivity contribution in [1.82, 2.24) is 4.90 Å². The topological polar surface area (TPSA) is 57.6 Å². The number of carboxylic acids is 1. The van der Waals surface area contributed by atoms with Gasteiger partial charge in [0.15, 0.2) is 0 Å². The van der Waals surface area contributed by atoms with Crippen LogP contribution in [0.2, 0.25) is 0 Å². The highest BCUT2D eigenvalue weighted by Crippen LogP contribution is 2.30. The van der Waals surface area contributed by atoms with Crippen LogP contribution < -0.4 is 0 Å². The van der Waals surface area contributed by atoms with Crippen LogP contribution in [0.3, 0.4) is 0 Å². The molecular formula is C12H12FNO3S. The van der Waals surface area contributed by atoms with Gasteiger partial charge in [-0.15, -0.1) is 11.8 Å². The summed E-state index contributed by atoms with van der Waals surface area (Å²) in [5, 5.41) is 8.80. The van der Waals surface area contributed by atoms with Gasteiger partial charge >= 0.3 is 5.97 Å². The molecule has 2 unspecified atom stereocenters. The summed E-state index contributed by atoms with van der Waals surface area (Å²) in [7, 11) is 0. The van der Waals surface area contributed by atoms with Crippen molar-refractivity contribution >= 4 is 23.6 Å². The lowest BCUT2D eigenvalue weighted by atomic mass is 10.1. The number of hydrogen-bond donors (Lipinski definition) is 1. The largest absolute Gasteiger partial charge is 0.480 e. The van der Waals surface area contributed by atoms with Crippen LogP contribution in [-0.2, 0) is 4.79 Å². The first kappa shape index (κ1) is 12.9. The first-order chi connectivity index (χ1) is 8.52.